The maximum atomic E-state index is 4.40. The SMILES string of the molecule is c1ncc(C2CCCN2)c2c1CCCC2. The Balaban J connectivity index is 1.99. The zero-order chi connectivity index (χ0) is 10.1. The van der Waals surface area contributed by atoms with Gasteiger partial charge in [0, 0.05) is 18.4 Å². The van der Waals surface area contributed by atoms with Crippen LogP contribution in [0.2, 0.25) is 0 Å². The van der Waals surface area contributed by atoms with Gasteiger partial charge in [0.25, 0.3) is 0 Å². The summed E-state index contributed by atoms with van der Waals surface area (Å²) in [5, 5.41) is 3.58. The van der Waals surface area contributed by atoms with E-state index in [0.29, 0.717) is 6.04 Å². The van der Waals surface area contributed by atoms with E-state index in [1.54, 1.807) is 5.56 Å². The van der Waals surface area contributed by atoms with Gasteiger partial charge in [-0.15, -0.1) is 0 Å². The quantitative estimate of drug-likeness (QED) is 0.756. The van der Waals surface area contributed by atoms with Crippen LogP contribution in [0.4, 0.5) is 0 Å². The molecule has 0 aromatic carbocycles. The van der Waals surface area contributed by atoms with E-state index in [2.05, 4.69) is 22.7 Å². The molecule has 0 spiro atoms. The highest BCUT2D eigenvalue weighted by Gasteiger charge is 2.22. The fraction of sp³-hybridized carbons (Fsp3) is 0.615. The molecule has 0 amide bonds. The monoisotopic (exact) mass is 202 g/mol. The van der Waals surface area contributed by atoms with E-state index in [-0.39, 0.29) is 0 Å². The molecule has 2 heteroatoms. The van der Waals surface area contributed by atoms with Gasteiger partial charge in [-0.05, 0) is 61.8 Å². The van der Waals surface area contributed by atoms with Crippen molar-refractivity contribution in [2.24, 2.45) is 0 Å². The summed E-state index contributed by atoms with van der Waals surface area (Å²) in [5.74, 6) is 0. The first kappa shape index (κ1) is 9.34. The summed E-state index contributed by atoms with van der Waals surface area (Å²) in [6.07, 6.45) is 12.0. The molecule has 0 saturated carbocycles. The first-order chi connectivity index (χ1) is 7.45. The summed E-state index contributed by atoms with van der Waals surface area (Å²) >= 11 is 0. The lowest BCUT2D eigenvalue weighted by Crippen LogP contribution is -2.17. The summed E-state index contributed by atoms with van der Waals surface area (Å²) in [7, 11) is 0. The van der Waals surface area contributed by atoms with Crippen molar-refractivity contribution in [2.45, 2.75) is 44.6 Å². The third-order valence-corrected chi connectivity index (χ3v) is 3.74. The van der Waals surface area contributed by atoms with Crippen LogP contribution in [0.5, 0.6) is 0 Å². The lowest BCUT2D eigenvalue weighted by molar-refractivity contribution is 0.611. The summed E-state index contributed by atoms with van der Waals surface area (Å²) in [6, 6.07) is 0.588. The first-order valence-electron chi connectivity index (χ1n) is 6.14. The van der Waals surface area contributed by atoms with Gasteiger partial charge in [0.15, 0.2) is 0 Å². The fourth-order valence-corrected chi connectivity index (χ4v) is 2.94. The molecule has 1 saturated heterocycles. The van der Waals surface area contributed by atoms with E-state index in [4.69, 9.17) is 0 Å². The average molecular weight is 202 g/mol. The number of pyridine rings is 1. The normalized spacial score (nSPS) is 25.2. The Hall–Kier alpha value is -0.890. The van der Waals surface area contributed by atoms with Crippen molar-refractivity contribution < 1.29 is 0 Å². The molecule has 80 valence electrons. The standard InChI is InChI=1S/C13H18N2/c1-2-5-11-10(4-1)8-14-9-12(11)13-6-3-7-15-13/h8-9,13,15H,1-7H2. The largest absolute Gasteiger partial charge is 0.310 e. The number of aryl methyl sites for hydroxylation is 1. The number of nitrogens with zero attached hydrogens (tertiary/aromatic N) is 1. The molecule has 1 N–H and O–H groups in total. The Morgan fingerprint density at radius 1 is 1.13 bits per heavy atom. The molecular formula is C13H18N2. The summed E-state index contributed by atoms with van der Waals surface area (Å²) in [5.41, 5.74) is 4.60. The number of aromatic nitrogens is 1. The Bertz CT molecular complexity index is 354. The zero-order valence-corrected chi connectivity index (χ0v) is 9.13. The van der Waals surface area contributed by atoms with E-state index in [9.17, 15) is 0 Å². The van der Waals surface area contributed by atoms with Gasteiger partial charge in [-0.1, -0.05) is 0 Å². The minimum atomic E-state index is 0.588. The summed E-state index contributed by atoms with van der Waals surface area (Å²) < 4.78 is 0. The van der Waals surface area contributed by atoms with Gasteiger partial charge in [-0.2, -0.15) is 0 Å². The highest BCUT2D eigenvalue weighted by Crippen LogP contribution is 2.31. The highest BCUT2D eigenvalue weighted by molar-refractivity contribution is 5.36. The number of rotatable bonds is 1. The maximum Gasteiger partial charge on any atom is 0.0338 e. The van der Waals surface area contributed by atoms with E-state index < -0.39 is 0 Å². The Kier molecular flexibility index (Phi) is 2.45. The minimum absolute atomic E-state index is 0.588. The second kappa shape index (κ2) is 3.93. The summed E-state index contributed by atoms with van der Waals surface area (Å²) in [4.78, 5) is 4.40. The number of nitrogens with one attached hydrogen (secondary N) is 1. The predicted molar refractivity (Wildman–Crippen MR) is 60.9 cm³/mol. The molecule has 1 aromatic rings. The van der Waals surface area contributed by atoms with Crippen molar-refractivity contribution in [2.75, 3.05) is 6.54 Å². The van der Waals surface area contributed by atoms with Gasteiger partial charge in [-0.3, -0.25) is 4.98 Å². The second-order valence-electron chi connectivity index (χ2n) is 4.72. The first-order valence-corrected chi connectivity index (χ1v) is 6.14. The van der Waals surface area contributed by atoms with Crippen LogP contribution >= 0.6 is 0 Å². The van der Waals surface area contributed by atoms with E-state index >= 15 is 0 Å². The number of hydrogen-bond acceptors (Lipinski definition) is 2. The number of fused-ring (bicyclic) bond motifs is 1. The number of hydrogen-bond donors (Lipinski definition) is 1. The molecule has 15 heavy (non-hydrogen) atoms. The van der Waals surface area contributed by atoms with Crippen LogP contribution in [0.1, 0.15) is 48.4 Å². The molecule has 1 aromatic heterocycles. The summed E-state index contributed by atoms with van der Waals surface area (Å²) in [6.45, 7) is 1.17. The molecule has 2 heterocycles. The van der Waals surface area contributed by atoms with E-state index in [0.717, 1.165) is 0 Å². The van der Waals surface area contributed by atoms with Crippen LogP contribution in [0.15, 0.2) is 12.4 Å². The van der Waals surface area contributed by atoms with Gasteiger partial charge in [0.1, 0.15) is 0 Å². The van der Waals surface area contributed by atoms with Gasteiger partial charge in [0.05, 0.1) is 0 Å². The molecule has 2 aliphatic rings. The molecule has 1 atom stereocenters. The Morgan fingerprint density at radius 2 is 2.07 bits per heavy atom. The van der Waals surface area contributed by atoms with E-state index in [1.165, 1.54) is 56.2 Å². The van der Waals surface area contributed by atoms with Gasteiger partial charge >= 0.3 is 0 Å². The van der Waals surface area contributed by atoms with Crippen molar-refractivity contribution in [3.8, 4) is 0 Å². The molecule has 0 bridgehead atoms. The molecule has 1 fully saturated rings. The lowest BCUT2D eigenvalue weighted by Gasteiger charge is -2.21. The van der Waals surface area contributed by atoms with Gasteiger partial charge in [-0.25, -0.2) is 0 Å². The van der Waals surface area contributed by atoms with Crippen molar-refractivity contribution in [1.82, 2.24) is 10.3 Å². The molecular weight excluding hydrogens is 184 g/mol. The minimum Gasteiger partial charge on any atom is -0.310 e. The van der Waals surface area contributed by atoms with Crippen molar-refractivity contribution in [1.29, 1.82) is 0 Å². The highest BCUT2D eigenvalue weighted by atomic mass is 14.9. The van der Waals surface area contributed by atoms with E-state index in [1.807, 2.05) is 0 Å². The van der Waals surface area contributed by atoms with Crippen LogP contribution in [-0.2, 0) is 12.8 Å². The topological polar surface area (TPSA) is 24.9 Å². The maximum absolute atomic E-state index is 4.40. The smallest absolute Gasteiger partial charge is 0.0338 e. The third kappa shape index (κ3) is 1.67. The second-order valence-corrected chi connectivity index (χ2v) is 4.72. The van der Waals surface area contributed by atoms with Crippen LogP contribution in [0, 0.1) is 0 Å². The van der Waals surface area contributed by atoms with Gasteiger partial charge < -0.3 is 5.32 Å². The van der Waals surface area contributed by atoms with Crippen LogP contribution < -0.4 is 5.32 Å². The van der Waals surface area contributed by atoms with Crippen LogP contribution in [0.3, 0.4) is 0 Å². The Morgan fingerprint density at radius 3 is 2.93 bits per heavy atom. The van der Waals surface area contributed by atoms with Crippen molar-refractivity contribution in [3.63, 3.8) is 0 Å². The third-order valence-electron chi connectivity index (χ3n) is 3.74. The lowest BCUT2D eigenvalue weighted by atomic mass is 9.87. The molecule has 3 rings (SSSR count). The zero-order valence-electron chi connectivity index (χ0n) is 9.13. The van der Waals surface area contributed by atoms with Crippen molar-refractivity contribution >= 4 is 0 Å². The van der Waals surface area contributed by atoms with Crippen LogP contribution in [-0.4, -0.2) is 11.5 Å². The van der Waals surface area contributed by atoms with Crippen LogP contribution in [0.25, 0.3) is 0 Å². The molecule has 1 aliphatic heterocycles. The Labute approximate surface area is 91.1 Å². The average Bonchev–Trinajstić information content (AvgIpc) is 2.82. The molecule has 1 aliphatic carbocycles. The van der Waals surface area contributed by atoms with Crippen molar-refractivity contribution in [3.05, 3.63) is 29.1 Å². The fourth-order valence-electron chi connectivity index (χ4n) is 2.94. The van der Waals surface area contributed by atoms with Gasteiger partial charge in [0.2, 0.25) is 0 Å². The molecule has 1 unspecified atom stereocenters. The molecule has 0 radical (unpaired) electrons. The molecule has 2 nitrogen and oxygen atoms in total. The predicted octanol–water partition coefficient (Wildman–Crippen LogP) is 2.38.